The lowest BCUT2D eigenvalue weighted by Gasteiger charge is -2.19. The predicted octanol–water partition coefficient (Wildman–Crippen LogP) is 5.88. The molecule has 0 aromatic heterocycles. The molecule has 0 saturated heterocycles. The second kappa shape index (κ2) is 8.54. The molecule has 3 aromatic rings. The molecule has 1 aliphatic rings. The topological polar surface area (TPSA) is 52.6 Å². The molecule has 0 spiro atoms. The van der Waals surface area contributed by atoms with E-state index in [1.807, 2.05) is 49.4 Å². The summed E-state index contributed by atoms with van der Waals surface area (Å²) in [7, 11) is 0. The molecular formula is C26H24O4. The molecule has 2 atom stereocenters. The van der Waals surface area contributed by atoms with Gasteiger partial charge in [-0.1, -0.05) is 61.0 Å². The largest absolute Gasteiger partial charge is 0.425 e. The fourth-order valence-electron chi connectivity index (χ4n) is 3.71. The molecule has 0 bridgehead atoms. The van der Waals surface area contributed by atoms with Gasteiger partial charge in [0.1, 0.15) is 11.5 Å². The molecule has 0 saturated carbocycles. The van der Waals surface area contributed by atoms with Crippen molar-refractivity contribution in [2.24, 2.45) is 11.8 Å². The molecule has 3 aromatic carbocycles. The van der Waals surface area contributed by atoms with Gasteiger partial charge in [0.15, 0.2) is 0 Å². The average Bonchev–Trinajstić information content (AvgIpc) is 2.74. The summed E-state index contributed by atoms with van der Waals surface area (Å²) in [6.07, 6.45) is 5.73. The summed E-state index contributed by atoms with van der Waals surface area (Å²) in [6.45, 7) is 4.06. The summed E-state index contributed by atoms with van der Waals surface area (Å²) in [5, 5.41) is 1.45. The van der Waals surface area contributed by atoms with Crippen molar-refractivity contribution in [3.8, 4) is 11.5 Å². The van der Waals surface area contributed by atoms with Crippen LogP contribution in [0.1, 0.15) is 35.7 Å². The fraction of sp³-hybridized carbons (Fsp3) is 0.231. The SMILES string of the molecule is Cc1cccc(C(=O)Oc2cccc3cccc(OC(=O)C4C=CC(C)CC4)c23)c1. The molecule has 30 heavy (non-hydrogen) atoms. The number of allylic oxidation sites excluding steroid dienone is 1. The Hall–Kier alpha value is -3.40. The number of esters is 2. The van der Waals surface area contributed by atoms with Gasteiger partial charge in [-0.05, 0) is 55.3 Å². The van der Waals surface area contributed by atoms with E-state index in [2.05, 4.69) is 13.0 Å². The van der Waals surface area contributed by atoms with Gasteiger partial charge >= 0.3 is 11.9 Å². The number of benzene rings is 3. The number of rotatable bonds is 4. The van der Waals surface area contributed by atoms with Crippen LogP contribution in [0.3, 0.4) is 0 Å². The van der Waals surface area contributed by atoms with E-state index in [-0.39, 0.29) is 11.9 Å². The van der Waals surface area contributed by atoms with Crippen molar-refractivity contribution in [1.82, 2.24) is 0 Å². The second-order valence-corrected chi connectivity index (χ2v) is 7.84. The summed E-state index contributed by atoms with van der Waals surface area (Å²) < 4.78 is 11.5. The standard InChI is InChI=1S/C26H24O4/c1-17-12-14-20(15-13-17)25(27)29-22-10-4-7-19-8-5-11-23(24(19)22)30-26(28)21-9-3-6-18(2)16-21/h3-12,14,16-17,20H,13,15H2,1-2H3. The number of ether oxygens (including phenoxy) is 2. The van der Waals surface area contributed by atoms with Crippen LogP contribution in [-0.4, -0.2) is 11.9 Å². The van der Waals surface area contributed by atoms with Crippen LogP contribution >= 0.6 is 0 Å². The smallest absolute Gasteiger partial charge is 0.343 e. The number of hydrogen-bond donors (Lipinski definition) is 0. The number of carbonyl (C=O) groups excluding carboxylic acids is 2. The lowest BCUT2D eigenvalue weighted by atomic mass is 9.90. The highest BCUT2D eigenvalue weighted by molar-refractivity contribution is 5.99. The van der Waals surface area contributed by atoms with Gasteiger partial charge in [-0.25, -0.2) is 4.79 Å². The minimum Gasteiger partial charge on any atom is -0.425 e. The van der Waals surface area contributed by atoms with Gasteiger partial charge in [0.05, 0.1) is 16.9 Å². The predicted molar refractivity (Wildman–Crippen MR) is 117 cm³/mol. The molecule has 4 heteroatoms. The highest BCUT2D eigenvalue weighted by Gasteiger charge is 2.23. The lowest BCUT2D eigenvalue weighted by molar-refractivity contribution is -0.137. The van der Waals surface area contributed by atoms with E-state index in [1.54, 1.807) is 24.3 Å². The molecule has 0 N–H and O–H groups in total. The molecular weight excluding hydrogens is 376 g/mol. The van der Waals surface area contributed by atoms with E-state index in [1.165, 1.54) is 0 Å². The first-order valence-electron chi connectivity index (χ1n) is 10.2. The van der Waals surface area contributed by atoms with Crippen molar-refractivity contribution < 1.29 is 19.1 Å². The normalized spacial score (nSPS) is 18.2. The van der Waals surface area contributed by atoms with Crippen molar-refractivity contribution in [2.75, 3.05) is 0 Å². The average molecular weight is 400 g/mol. The van der Waals surface area contributed by atoms with Crippen LogP contribution in [0.2, 0.25) is 0 Å². The summed E-state index contributed by atoms with van der Waals surface area (Å²) in [5.74, 6) is 0.270. The lowest BCUT2D eigenvalue weighted by Crippen LogP contribution is -2.22. The first-order valence-corrected chi connectivity index (χ1v) is 10.2. The van der Waals surface area contributed by atoms with Crippen molar-refractivity contribution in [2.45, 2.75) is 26.7 Å². The maximum Gasteiger partial charge on any atom is 0.343 e. The highest BCUT2D eigenvalue weighted by atomic mass is 16.5. The molecule has 152 valence electrons. The third-order valence-electron chi connectivity index (χ3n) is 5.40. The van der Waals surface area contributed by atoms with E-state index in [9.17, 15) is 9.59 Å². The van der Waals surface area contributed by atoms with Crippen LogP contribution in [0.4, 0.5) is 0 Å². The Labute approximate surface area is 176 Å². The summed E-state index contributed by atoms with van der Waals surface area (Å²) in [6, 6.07) is 18.1. The van der Waals surface area contributed by atoms with Crippen molar-refractivity contribution in [3.63, 3.8) is 0 Å². The Bertz CT molecular complexity index is 1120. The number of fused-ring (bicyclic) bond motifs is 1. The monoisotopic (exact) mass is 400 g/mol. The van der Waals surface area contributed by atoms with E-state index in [0.717, 1.165) is 23.8 Å². The van der Waals surface area contributed by atoms with Gasteiger partial charge in [-0.3, -0.25) is 4.79 Å². The third-order valence-corrected chi connectivity index (χ3v) is 5.40. The summed E-state index contributed by atoms with van der Waals surface area (Å²) in [4.78, 5) is 25.4. The van der Waals surface area contributed by atoms with Crippen LogP contribution in [0.5, 0.6) is 11.5 Å². The maximum atomic E-state index is 12.7. The van der Waals surface area contributed by atoms with Crippen molar-refractivity contribution >= 4 is 22.7 Å². The minimum atomic E-state index is -0.448. The Morgan fingerprint density at radius 1 is 0.867 bits per heavy atom. The first kappa shape index (κ1) is 19.9. The van der Waals surface area contributed by atoms with Gasteiger partial charge in [-0.2, -0.15) is 0 Å². The quantitative estimate of drug-likeness (QED) is 0.312. The molecule has 0 fully saturated rings. The third kappa shape index (κ3) is 4.28. The van der Waals surface area contributed by atoms with Crippen LogP contribution in [0, 0.1) is 18.8 Å². The van der Waals surface area contributed by atoms with E-state index >= 15 is 0 Å². The Balaban J connectivity index is 1.64. The fourth-order valence-corrected chi connectivity index (χ4v) is 3.71. The van der Waals surface area contributed by atoms with E-state index in [0.29, 0.717) is 28.4 Å². The van der Waals surface area contributed by atoms with Crippen LogP contribution in [0.25, 0.3) is 10.8 Å². The van der Waals surface area contributed by atoms with E-state index < -0.39 is 5.97 Å². The molecule has 0 aliphatic heterocycles. The second-order valence-electron chi connectivity index (χ2n) is 7.84. The molecule has 0 heterocycles. The minimum absolute atomic E-state index is 0.251. The Morgan fingerprint density at radius 2 is 1.57 bits per heavy atom. The van der Waals surface area contributed by atoms with Crippen LogP contribution in [-0.2, 0) is 4.79 Å². The zero-order valence-corrected chi connectivity index (χ0v) is 17.1. The van der Waals surface area contributed by atoms with Crippen molar-refractivity contribution in [3.05, 3.63) is 83.9 Å². The first-order chi connectivity index (χ1) is 14.5. The summed E-state index contributed by atoms with van der Waals surface area (Å²) >= 11 is 0. The zero-order valence-electron chi connectivity index (χ0n) is 17.1. The summed E-state index contributed by atoms with van der Waals surface area (Å²) in [5.41, 5.74) is 1.45. The van der Waals surface area contributed by atoms with Gasteiger partial charge in [-0.15, -0.1) is 0 Å². The number of aryl methyl sites for hydroxylation is 1. The molecule has 0 radical (unpaired) electrons. The molecule has 4 nitrogen and oxygen atoms in total. The Morgan fingerprint density at radius 3 is 2.23 bits per heavy atom. The highest BCUT2D eigenvalue weighted by Crippen LogP contribution is 2.35. The van der Waals surface area contributed by atoms with Gasteiger partial charge in [0.25, 0.3) is 0 Å². The molecule has 1 aliphatic carbocycles. The molecule has 4 rings (SSSR count). The Kier molecular flexibility index (Phi) is 5.66. The van der Waals surface area contributed by atoms with Gasteiger partial charge in [0, 0.05) is 0 Å². The maximum absolute atomic E-state index is 12.7. The van der Waals surface area contributed by atoms with E-state index in [4.69, 9.17) is 9.47 Å². The zero-order chi connectivity index (χ0) is 21.1. The number of carbonyl (C=O) groups is 2. The molecule has 2 unspecified atom stereocenters. The molecule has 0 amide bonds. The van der Waals surface area contributed by atoms with Crippen LogP contribution < -0.4 is 9.47 Å². The van der Waals surface area contributed by atoms with Crippen molar-refractivity contribution in [1.29, 1.82) is 0 Å². The van der Waals surface area contributed by atoms with Gasteiger partial charge in [0.2, 0.25) is 0 Å². The van der Waals surface area contributed by atoms with Crippen LogP contribution in [0.15, 0.2) is 72.8 Å². The van der Waals surface area contributed by atoms with Gasteiger partial charge < -0.3 is 9.47 Å². The number of hydrogen-bond acceptors (Lipinski definition) is 4.